The zero-order valence-corrected chi connectivity index (χ0v) is 8.71. The van der Waals surface area contributed by atoms with E-state index in [4.69, 9.17) is 17.3 Å². The molecule has 14 heavy (non-hydrogen) atoms. The van der Waals surface area contributed by atoms with Crippen LogP contribution >= 0.6 is 11.6 Å². The van der Waals surface area contributed by atoms with Gasteiger partial charge in [-0.25, -0.2) is 0 Å². The number of benzene rings is 1. The fraction of sp³-hybridized carbons (Fsp3) is 0.182. The second-order valence-corrected chi connectivity index (χ2v) is 3.45. The fourth-order valence-electron chi connectivity index (χ4n) is 1.15. The first-order chi connectivity index (χ1) is 6.61. The molecule has 1 amide bonds. The van der Waals surface area contributed by atoms with Gasteiger partial charge in [0.25, 0.3) is 0 Å². The lowest BCUT2D eigenvalue weighted by Crippen LogP contribution is -2.07. The van der Waals surface area contributed by atoms with E-state index in [1.807, 2.05) is 31.2 Å². The monoisotopic (exact) mass is 209 g/mol. The number of hydrogen-bond acceptors (Lipinski definition) is 1. The topological polar surface area (TPSA) is 43.1 Å². The van der Waals surface area contributed by atoms with Crippen LogP contribution in [0.1, 0.15) is 17.5 Å². The highest BCUT2D eigenvalue weighted by atomic mass is 35.5. The highest BCUT2D eigenvalue weighted by molar-refractivity contribution is 6.32. The molecule has 0 bridgehead atoms. The summed E-state index contributed by atoms with van der Waals surface area (Å²) >= 11 is 5.98. The van der Waals surface area contributed by atoms with E-state index in [1.165, 1.54) is 0 Å². The van der Waals surface area contributed by atoms with Crippen LogP contribution in [-0.2, 0) is 4.79 Å². The van der Waals surface area contributed by atoms with Crippen molar-refractivity contribution in [2.75, 3.05) is 0 Å². The van der Waals surface area contributed by atoms with Crippen molar-refractivity contribution >= 4 is 23.6 Å². The summed E-state index contributed by atoms with van der Waals surface area (Å²) in [6, 6.07) is 5.68. The Balaban J connectivity index is 2.85. The number of halogens is 1. The third-order valence-corrected chi connectivity index (χ3v) is 2.20. The normalized spacial score (nSPS) is 10.7. The van der Waals surface area contributed by atoms with Gasteiger partial charge in [0.2, 0.25) is 5.91 Å². The zero-order chi connectivity index (χ0) is 10.6. The molecule has 74 valence electrons. The molecule has 1 rings (SSSR count). The first kappa shape index (κ1) is 10.8. The van der Waals surface area contributed by atoms with Gasteiger partial charge in [-0.3, -0.25) is 4.79 Å². The minimum atomic E-state index is -0.342. The molecular weight excluding hydrogens is 198 g/mol. The molecule has 3 heteroatoms. The van der Waals surface area contributed by atoms with Crippen LogP contribution in [0.5, 0.6) is 0 Å². The van der Waals surface area contributed by atoms with Crippen LogP contribution in [0.3, 0.4) is 0 Å². The average molecular weight is 210 g/mol. The van der Waals surface area contributed by atoms with Crippen LogP contribution in [0.25, 0.3) is 6.08 Å². The van der Waals surface area contributed by atoms with E-state index in [0.29, 0.717) is 5.02 Å². The van der Waals surface area contributed by atoms with Gasteiger partial charge < -0.3 is 5.73 Å². The predicted octanol–water partition coefficient (Wildman–Crippen LogP) is 2.54. The highest BCUT2D eigenvalue weighted by Gasteiger charge is 1.98. The van der Waals surface area contributed by atoms with Gasteiger partial charge >= 0.3 is 0 Å². The van der Waals surface area contributed by atoms with Crippen LogP contribution in [0.2, 0.25) is 5.02 Å². The second-order valence-electron chi connectivity index (χ2n) is 3.04. The zero-order valence-electron chi connectivity index (χ0n) is 7.96. The Bertz CT molecular complexity index is 351. The molecule has 0 unspecified atom stereocenters. The summed E-state index contributed by atoms with van der Waals surface area (Å²) < 4.78 is 0. The summed E-state index contributed by atoms with van der Waals surface area (Å²) in [5.41, 5.74) is 7.03. The molecule has 0 spiro atoms. The maximum atomic E-state index is 10.5. The van der Waals surface area contributed by atoms with E-state index in [9.17, 15) is 4.79 Å². The van der Waals surface area contributed by atoms with Gasteiger partial charge in [-0.1, -0.05) is 35.9 Å². The first-order valence-corrected chi connectivity index (χ1v) is 4.69. The Morgan fingerprint density at radius 2 is 2.29 bits per heavy atom. The van der Waals surface area contributed by atoms with Crippen molar-refractivity contribution in [3.63, 3.8) is 0 Å². The molecule has 0 atom stereocenters. The fourth-order valence-corrected chi connectivity index (χ4v) is 1.43. The number of carbonyl (C=O) groups is 1. The molecule has 0 aliphatic carbocycles. The molecule has 0 aliphatic rings. The van der Waals surface area contributed by atoms with E-state index in [2.05, 4.69) is 0 Å². The largest absolute Gasteiger partial charge is 0.369 e. The molecule has 1 aromatic rings. The number of hydrogen-bond donors (Lipinski definition) is 1. The van der Waals surface area contributed by atoms with Crippen LogP contribution in [-0.4, -0.2) is 5.91 Å². The molecule has 0 aromatic heterocycles. The van der Waals surface area contributed by atoms with Gasteiger partial charge in [0, 0.05) is 11.4 Å². The van der Waals surface area contributed by atoms with Crippen molar-refractivity contribution in [2.45, 2.75) is 13.3 Å². The molecule has 0 saturated heterocycles. The maximum absolute atomic E-state index is 10.5. The third kappa shape index (κ3) is 2.89. The van der Waals surface area contributed by atoms with Gasteiger partial charge in [0.05, 0.1) is 0 Å². The minimum absolute atomic E-state index is 0.241. The number of carbonyl (C=O) groups excluding carboxylic acids is 1. The summed E-state index contributed by atoms with van der Waals surface area (Å²) in [6.45, 7) is 1.97. The van der Waals surface area contributed by atoms with E-state index in [0.717, 1.165) is 11.1 Å². The van der Waals surface area contributed by atoms with Crippen molar-refractivity contribution in [1.82, 2.24) is 0 Å². The SMILES string of the molecule is Cc1cccc(Cl)c1C=CCC(N)=O. The molecule has 2 N–H and O–H groups in total. The summed E-state index contributed by atoms with van der Waals surface area (Å²) in [5, 5.41) is 0.686. The smallest absolute Gasteiger partial charge is 0.221 e. The first-order valence-electron chi connectivity index (χ1n) is 4.31. The minimum Gasteiger partial charge on any atom is -0.369 e. The van der Waals surface area contributed by atoms with Gasteiger partial charge in [0.15, 0.2) is 0 Å². The molecule has 0 aliphatic heterocycles. The van der Waals surface area contributed by atoms with Gasteiger partial charge in [0.1, 0.15) is 0 Å². The van der Waals surface area contributed by atoms with Crippen LogP contribution in [0.15, 0.2) is 24.3 Å². The Morgan fingerprint density at radius 3 is 2.86 bits per heavy atom. The van der Waals surface area contributed by atoms with Crippen LogP contribution < -0.4 is 5.73 Å². The summed E-state index contributed by atoms with van der Waals surface area (Å²) in [5.74, 6) is -0.342. The molecule has 0 radical (unpaired) electrons. The van der Waals surface area contributed by atoms with E-state index in [-0.39, 0.29) is 12.3 Å². The van der Waals surface area contributed by atoms with E-state index in [1.54, 1.807) is 6.08 Å². The summed E-state index contributed by atoms with van der Waals surface area (Å²) in [7, 11) is 0. The van der Waals surface area contributed by atoms with Crippen molar-refractivity contribution in [1.29, 1.82) is 0 Å². The summed E-state index contributed by atoms with van der Waals surface area (Å²) in [6.07, 6.45) is 3.78. The average Bonchev–Trinajstić information content (AvgIpc) is 2.09. The van der Waals surface area contributed by atoms with E-state index < -0.39 is 0 Å². The Labute approximate surface area is 88.4 Å². The number of amides is 1. The number of rotatable bonds is 3. The molecule has 0 fully saturated rings. The Kier molecular flexibility index (Phi) is 3.72. The van der Waals surface area contributed by atoms with Crippen molar-refractivity contribution in [2.24, 2.45) is 5.73 Å². The number of primary amides is 1. The standard InChI is InChI=1S/C11H12ClNO/c1-8-4-2-6-10(12)9(8)5-3-7-11(13)14/h2-6H,7H2,1H3,(H2,13,14). The number of nitrogens with two attached hydrogens (primary N) is 1. The maximum Gasteiger partial charge on any atom is 0.221 e. The molecular formula is C11H12ClNO. The molecule has 0 saturated carbocycles. The third-order valence-electron chi connectivity index (χ3n) is 1.87. The Hall–Kier alpha value is -1.28. The van der Waals surface area contributed by atoms with Crippen LogP contribution in [0, 0.1) is 6.92 Å². The summed E-state index contributed by atoms with van der Waals surface area (Å²) in [4.78, 5) is 10.5. The second kappa shape index (κ2) is 4.82. The lowest BCUT2D eigenvalue weighted by molar-refractivity contribution is -0.117. The van der Waals surface area contributed by atoms with E-state index >= 15 is 0 Å². The lowest BCUT2D eigenvalue weighted by atomic mass is 10.1. The highest BCUT2D eigenvalue weighted by Crippen LogP contribution is 2.20. The van der Waals surface area contributed by atoms with Gasteiger partial charge in [-0.15, -0.1) is 0 Å². The molecule has 1 aromatic carbocycles. The Morgan fingerprint density at radius 1 is 1.57 bits per heavy atom. The van der Waals surface area contributed by atoms with Crippen LogP contribution in [0.4, 0.5) is 0 Å². The molecule has 2 nitrogen and oxygen atoms in total. The van der Waals surface area contributed by atoms with Gasteiger partial charge in [-0.05, 0) is 24.1 Å². The van der Waals surface area contributed by atoms with Crippen molar-refractivity contribution in [3.8, 4) is 0 Å². The van der Waals surface area contributed by atoms with Gasteiger partial charge in [-0.2, -0.15) is 0 Å². The quantitative estimate of drug-likeness (QED) is 0.817. The van der Waals surface area contributed by atoms with Crippen molar-refractivity contribution in [3.05, 3.63) is 40.4 Å². The predicted molar refractivity (Wildman–Crippen MR) is 59.0 cm³/mol. The number of aryl methyl sites for hydroxylation is 1. The van der Waals surface area contributed by atoms with Crippen molar-refractivity contribution < 1.29 is 4.79 Å². The molecule has 0 heterocycles. The lowest BCUT2D eigenvalue weighted by Gasteiger charge is -2.01.